The average Bonchev–Trinajstić information content (AvgIpc) is 3.33. The Balaban J connectivity index is 1.94. The molecule has 0 heterocycles. The predicted octanol–water partition coefficient (Wildman–Crippen LogP) is 3.73. The summed E-state index contributed by atoms with van der Waals surface area (Å²) in [5, 5.41) is 3.21. The predicted molar refractivity (Wildman–Crippen MR) is 137 cm³/mol. The summed E-state index contributed by atoms with van der Waals surface area (Å²) in [7, 11) is -2.60. The van der Waals surface area contributed by atoms with Gasteiger partial charge in [-0.2, -0.15) is 0 Å². The van der Waals surface area contributed by atoms with E-state index in [-0.39, 0.29) is 40.5 Å². The summed E-state index contributed by atoms with van der Waals surface area (Å²) < 4.78 is 46.1. The van der Waals surface area contributed by atoms with Crippen LogP contribution in [0, 0.1) is 5.82 Å². The number of hydrogen-bond acceptors (Lipinski definition) is 5. The number of halogens is 2. The molecule has 1 saturated carbocycles. The number of ether oxygens (including phenoxy) is 1. The van der Waals surface area contributed by atoms with E-state index < -0.39 is 34.3 Å². The maximum Gasteiger partial charge on any atom is 0.244 e. The molecule has 0 bridgehead atoms. The second kappa shape index (κ2) is 11.9. The summed E-state index contributed by atoms with van der Waals surface area (Å²) in [5.41, 5.74) is 0.285. The lowest BCUT2D eigenvalue weighted by molar-refractivity contribution is -0.139. The van der Waals surface area contributed by atoms with Crippen molar-refractivity contribution in [3.63, 3.8) is 0 Å². The van der Waals surface area contributed by atoms with Crippen LogP contribution in [-0.4, -0.2) is 57.1 Å². The van der Waals surface area contributed by atoms with Gasteiger partial charge in [-0.1, -0.05) is 42.6 Å². The molecule has 1 aliphatic carbocycles. The maximum absolute atomic E-state index is 14.5. The number of nitrogens with zero attached hydrogens (tertiary/aromatic N) is 2. The molecule has 0 radical (unpaired) electrons. The van der Waals surface area contributed by atoms with E-state index in [9.17, 15) is 22.4 Å². The van der Waals surface area contributed by atoms with Crippen LogP contribution in [0.5, 0.6) is 5.75 Å². The molecule has 1 fully saturated rings. The SMILES string of the molecule is COc1ccc(Cl)cc1N(CC(=O)N(Cc1ccccc1F)[C@@H](C)C(=O)NC1CCCC1)S(C)(=O)=O. The summed E-state index contributed by atoms with van der Waals surface area (Å²) >= 11 is 6.10. The molecule has 2 aromatic carbocycles. The first kappa shape index (κ1) is 27.7. The largest absolute Gasteiger partial charge is 0.495 e. The number of methoxy groups -OCH3 is 1. The van der Waals surface area contributed by atoms with Gasteiger partial charge in [0.2, 0.25) is 21.8 Å². The third kappa shape index (κ3) is 6.88. The molecule has 0 unspecified atom stereocenters. The van der Waals surface area contributed by atoms with Crippen molar-refractivity contribution < 1.29 is 27.1 Å². The normalized spacial score (nSPS) is 14.8. The number of hydrogen-bond donors (Lipinski definition) is 1. The van der Waals surface area contributed by atoms with E-state index in [4.69, 9.17) is 16.3 Å². The Morgan fingerprint density at radius 1 is 1.19 bits per heavy atom. The van der Waals surface area contributed by atoms with Crippen LogP contribution in [0.1, 0.15) is 38.2 Å². The number of rotatable bonds is 10. The minimum Gasteiger partial charge on any atom is -0.495 e. The van der Waals surface area contributed by atoms with Crippen molar-refractivity contribution in [3.8, 4) is 5.75 Å². The van der Waals surface area contributed by atoms with Crippen molar-refractivity contribution in [2.45, 2.75) is 51.2 Å². The van der Waals surface area contributed by atoms with Crippen molar-refractivity contribution in [2.75, 3.05) is 24.2 Å². The Kier molecular flexibility index (Phi) is 9.19. The zero-order valence-corrected chi connectivity index (χ0v) is 22.1. The monoisotopic (exact) mass is 539 g/mol. The van der Waals surface area contributed by atoms with Gasteiger partial charge in [0.05, 0.1) is 19.1 Å². The van der Waals surface area contributed by atoms with Gasteiger partial charge in [-0.3, -0.25) is 13.9 Å². The standard InChI is InChI=1S/C25H31ClFN3O5S/c1-17(25(32)28-20-9-5-6-10-20)29(15-18-8-4-7-11-21(18)27)24(31)16-30(36(3,33)34)22-14-19(26)12-13-23(22)35-2/h4,7-8,11-14,17,20H,5-6,9-10,15-16H2,1-3H3,(H,28,32)/t17-/m0/s1. The third-order valence-electron chi connectivity index (χ3n) is 6.26. The van der Waals surface area contributed by atoms with Gasteiger partial charge in [-0.05, 0) is 44.0 Å². The topological polar surface area (TPSA) is 96.0 Å². The van der Waals surface area contributed by atoms with Crippen LogP contribution in [0.25, 0.3) is 0 Å². The maximum atomic E-state index is 14.5. The average molecular weight is 540 g/mol. The number of carbonyl (C=O) groups excluding carboxylic acids is 2. The molecule has 36 heavy (non-hydrogen) atoms. The lowest BCUT2D eigenvalue weighted by Crippen LogP contribution is -2.52. The van der Waals surface area contributed by atoms with Gasteiger partial charge in [0.25, 0.3) is 0 Å². The van der Waals surface area contributed by atoms with E-state index in [1.54, 1.807) is 13.0 Å². The highest BCUT2D eigenvalue weighted by Crippen LogP contribution is 2.33. The smallest absolute Gasteiger partial charge is 0.244 e. The van der Waals surface area contributed by atoms with Gasteiger partial charge >= 0.3 is 0 Å². The molecule has 11 heteroatoms. The molecule has 2 aromatic rings. The Labute approximate surface area is 216 Å². The summed E-state index contributed by atoms with van der Waals surface area (Å²) in [4.78, 5) is 27.8. The molecule has 1 aliphatic rings. The molecule has 0 aromatic heterocycles. The molecule has 8 nitrogen and oxygen atoms in total. The molecule has 1 atom stereocenters. The molecule has 3 rings (SSSR count). The fourth-order valence-electron chi connectivity index (χ4n) is 4.24. The first-order valence-electron chi connectivity index (χ1n) is 11.7. The van der Waals surface area contributed by atoms with Crippen LogP contribution < -0.4 is 14.4 Å². The van der Waals surface area contributed by atoms with E-state index >= 15 is 0 Å². The lowest BCUT2D eigenvalue weighted by atomic mass is 10.1. The first-order chi connectivity index (χ1) is 17.0. The summed E-state index contributed by atoms with van der Waals surface area (Å²) in [5.74, 6) is -1.39. The fourth-order valence-corrected chi connectivity index (χ4v) is 5.25. The van der Waals surface area contributed by atoms with Crippen molar-refractivity contribution in [1.29, 1.82) is 0 Å². The quantitative estimate of drug-likeness (QED) is 0.496. The summed E-state index contributed by atoms with van der Waals surface area (Å²) in [6.45, 7) is 0.702. The second-order valence-corrected chi connectivity index (χ2v) is 11.2. The Morgan fingerprint density at radius 2 is 1.86 bits per heavy atom. The summed E-state index contributed by atoms with van der Waals surface area (Å²) in [6.07, 6.45) is 4.70. The van der Waals surface area contributed by atoms with E-state index in [1.807, 2.05) is 0 Å². The van der Waals surface area contributed by atoms with Crippen LogP contribution in [0.3, 0.4) is 0 Å². The Morgan fingerprint density at radius 3 is 2.47 bits per heavy atom. The number of benzene rings is 2. The van der Waals surface area contributed by atoms with Gasteiger partial charge in [0.1, 0.15) is 24.2 Å². The molecular formula is C25H31ClFN3O5S. The van der Waals surface area contributed by atoms with Gasteiger partial charge in [0.15, 0.2) is 0 Å². The zero-order chi connectivity index (χ0) is 26.5. The Hall–Kier alpha value is -2.85. The van der Waals surface area contributed by atoms with Crippen LogP contribution >= 0.6 is 11.6 Å². The van der Waals surface area contributed by atoms with E-state index in [1.165, 1.54) is 48.4 Å². The first-order valence-corrected chi connectivity index (χ1v) is 13.9. The van der Waals surface area contributed by atoms with Crippen molar-refractivity contribution in [2.24, 2.45) is 0 Å². The van der Waals surface area contributed by atoms with Crippen LogP contribution in [0.4, 0.5) is 10.1 Å². The minimum absolute atomic E-state index is 0.0219. The van der Waals surface area contributed by atoms with Gasteiger partial charge in [-0.15, -0.1) is 0 Å². The van der Waals surface area contributed by atoms with Gasteiger partial charge < -0.3 is 15.0 Å². The fraction of sp³-hybridized carbons (Fsp3) is 0.440. The molecule has 196 valence electrons. The van der Waals surface area contributed by atoms with Crippen LogP contribution in [-0.2, 0) is 26.2 Å². The van der Waals surface area contributed by atoms with Crippen LogP contribution in [0.15, 0.2) is 42.5 Å². The van der Waals surface area contributed by atoms with Gasteiger partial charge in [-0.25, -0.2) is 12.8 Å². The highest BCUT2D eigenvalue weighted by atomic mass is 35.5. The number of sulfonamides is 1. The second-order valence-electron chi connectivity index (χ2n) is 8.86. The highest BCUT2D eigenvalue weighted by Gasteiger charge is 2.32. The molecule has 2 amide bonds. The lowest BCUT2D eigenvalue weighted by Gasteiger charge is -2.32. The molecule has 0 spiro atoms. The van der Waals surface area contributed by atoms with Crippen molar-refractivity contribution >= 4 is 39.1 Å². The molecule has 0 saturated heterocycles. The Bertz CT molecular complexity index is 1200. The van der Waals surface area contributed by atoms with Crippen molar-refractivity contribution in [3.05, 3.63) is 58.9 Å². The van der Waals surface area contributed by atoms with Crippen molar-refractivity contribution in [1.82, 2.24) is 10.2 Å². The van der Waals surface area contributed by atoms with Crippen LogP contribution in [0.2, 0.25) is 5.02 Å². The zero-order valence-electron chi connectivity index (χ0n) is 20.5. The van der Waals surface area contributed by atoms with E-state index in [2.05, 4.69) is 5.32 Å². The van der Waals surface area contributed by atoms with Gasteiger partial charge in [0, 0.05) is 23.2 Å². The molecular weight excluding hydrogens is 509 g/mol. The summed E-state index contributed by atoms with van der Waals surface area (Å²) in [6, 6.07) is 9.40. The number of carbonyl (C=O) groups is 2. The van der Waals surface area contributed by atoms with E-state index in [0.29, 0.717) is 0 Å². The minimum atomic E-state index is -3.97. The number of amides is 2. The molecule has 0 aliphatic heterocycles. The number of nitrogens with one attached hydrogen (secondary N) is 1. The molecule has 1 N–H and O–H groups in total. The third-order valence-corrected chi connectivity index (χ3v) is 7.62. The number of anilines is 1. The van der Waals surface area contributed by atoms with E-state index in [0.717, 1.165) is 36.2 Å². The highest BCUT2D eigenvalue weighted by molar-refractivity contribution is 7.92.